The number of rotatable bonds is 4. The quantitative estimate of drug-likeness (QED) is 0.460. The maximum atomic E-state index is 12.0. The molecule has 4 heteroatoms. The predicted molar refractivity (Wildman–Crippen MR) is 79.1 cm³/mol. The van der Waals surface area contributed by atoms with Crippen molar-refractivity contribution in [1.29, 1.82) is 0 Å². The Balaban J connectivity index is 2.02. The van der Waals surface area contributed by atoms with Gasteiger partial charge < -0.3 is 0 Å². The van der Waals surface area contributed by atoms with E-state index in [0.29, 0.717) is 16.3 Å². The second kappa shape index (κ2) is 6.22. The molecule has 0 atom stereocenters. The van der Waals surface area contributed by atoms with Gasteiger partial charge in [0, 0.05) is 15.5 Å². The minimum atomic E-state index is 0.0952. The van der Waals surface area contributed by atoms with E-state index in [1.165, 1.54) is 11.8 Å². The maximum Gasteiger partial charge on any atom is 0.327 e. The van der Waals surface area contributed by atoms with Crippen molar-refractivity contribution >= 4 is 29.1 Å². The lowest BCUT2D eigenvalue weighted by Crippen LogP contribution is -2.01. The number of thioether (sulfide) groups is 1. The zero-order valence-electron chi connectivity index (χ0n) is 10.8. The fourth-order valence-corrected chi connectivity index (χ4v) is 2.80. The fraction of sp³-hybridized carbons (Fsp3) is 0.200. The summed E-state index contributed by atoms with van der Waals surface area (Å²) in [7, 11) is 0. The Bertz CT molecular complexity index is 573. The topological polar surface area (TPSA) is 28.4 Å². The van der Waals surface area contributed by atoms with Gasteiger partial charge in [-0.25, -0.2) is 4.42 Å². The Hall–Kier alpha value is -1.32. The number of hydrogen-bond donors (Lipinski definition) is 0. The third kappa shape index (κ3) is 4.08. The van der Waals surface area contributed by atoms with Crippen LogP contribution in [0, 0.1) is 13.8 Å². The molecule has 0 aliphatic rings. The van der Waals surface area contributed by atoms with Crippen molar-refractivity contribution in [3.8, 4) is 0 Å². The number of carbonyl (C=O) groups is 1. The predicted octanol–water partition coefficient (Wildman–Crippen LogP) is 4.81. The minimum Gasteiger partial charge on any atom is -0.293 e. The average molecular weight is 294 g/mol. The lowest BCUT2D eigenvalue weighted by molar-refractivity contribution is 0.102. The van der Waals surface area contributed by atoms with Crippen molar-refractivity contribution in [2.45, 2.75) is 18.7 Å². The highest BCUT2D eigenvalue weighted by Gasteiger charge is 2.11. The van der Waals surface area contributed by atoms with Gasteiger partial charge in [0.15, 0.2) is 5.78 Å². The zero-order valence-corrected chi connectivity index (χ0v) is 12.3. The molecule has 0 radical (unpaired) electrons. The summed E-state index contributed by atoms with van der Waals surface area (Å²) in [6, 6.07) is 10.8. The van der Waals surface area contributed by atoms with Gasteiger partial charge in [0.2, 0.25) is 0 Å². The van der Waals surface area contributed by atoms with Gasteiger partial charge >= 0.3 is 11.5 Å². The second-order valence-electron chi connectivity index (χ2n) is 4.23. The van der Waals surface area contributed by atoms with Crippen LogP contribution in [0.4, 0.5) is 0 Å². The van der Waals surface area contributed by atoms with E-state index < -0.39 is 0 Å². The first-order chi connectivity index (χ1) is 9.04. The Morgan fingerprint density at radius 3 is 2.32 bits per heavy atom. The molecule has 0 fully saturated rings. The third-order valence-electron chi connectivity index (χ3n) is 2.55. The van der Waals surface area contributed by atoms with Gasteiger partial charge in [-0.2, -0.15) is 0 Å². The molecule has 0 amide bonds. The van der Waals surface area contributed by atoms with Crippen molar-refractivity contribution < 1.29 is 9.21 Å². The number of halogens is 1. The summed E-state index contributed by atoms with van der Waals surface area (Å²) in [5.41, 5.74) is 0.686. The van der Waals surface area contributed by atoms with Crippen molar-refractivity contribution in [3.05, 3.63) is 58.5 Å². The Morgan fingerprint density at radius 1 is 1.16 bits per heavy atom. The molecule has 0 bridgehead atoms. The number of aryl methyl sites for hydroxylation is 2. The molecule has 0 spiro atoms. The molecule has 0 unspecified atom stereocenters. The van der Waals surface area contributed by atoms with E-state index >= 15 is 0 Å². The Kier molecular flexibility index (Phi) is 4.61. The van der Waals surface area contributed by atoms with Crippen molar-refractivity contribution in [2.75, 3.05) is 5.75 Å². The standard InChI is InChI=1S/C15H14ClO2S/c1-10-7-14(8-11(2)18-10)19-9-15(17)12-3-5-13(16)6-4-12/h3-8H,9H2,1-2H3/q+1. The Labute approximate surface area is 121 Å². The number of Topliss-reactive ketones (excluding diaryl/α,β-unsaturated/α-hetero) is 1. The molecule has 0 saturated heterocycles. The summed E-state index contributed by atoms with van der Waals surface area (Å²) in [5.74, 6) is 2.20. The number of benzene rings is 1. The molecule has 0 aliphatic heterocycles. The van der Waals surface area contributed by atoms with Crippen molar-refractivity contribution in [2.24, 2.45) is 0 Å². The van der Waals surface area contributed by atoms with Crippen LogP contribution < -0.4 is 0 Å². The molecule has 0 aliphatic carbocycles. The molecule has 2 rings (SSSR count). The van der Waals surface area contributed by atoms with Crippen LogP contribution in [-0.2, 0) is 0 Å². The average Bonchev–Trinajstić information content (AvgIpc) is 2.36. The zero-order chi connectivity index (χ0) is 13.8. The molecule has 1 aromatic heterocycles. The minimum absolute atomic E-state index is 0.0952. The molecule has 0 saturated carbocycles. The molecule has 19 heavy (non-hydrogen) atoms. The SMILES string of the molecule is Cc1cc(SCC(=O)c2ccc(Cl)cc2)cc(C)[o+]1. The van der Waals surface area contributed by atoms with Gasteiger partial charge in [-0.3, -0.25) is 4.79 Å². The van der Waals surface area contributed by atoms with Crippen molar-refractivity contribution in [1.82, 2.24) is 0 Å². The van der Waals surface area contributed by atoms with Crippen LogP contribution in [0.2, 0.25) is 5.02 Å². The van der Waals surface area contributed by atoms with E-state index in [4.69, 9.17) is 16.0 Å². The fourth-order valence-electron chi connectivity index (χ4n) is 1.71. The smallest absolute Gasteiger partial charge is 0.293 e. The summed E-state index contributed by atoms with van der Waals surface area (Å²) in [6.45, 7) is 3.80. The highest BCUT2D eigenvalue weighted by molar-refractivity contribution is 8.00. The maximum absolute atomic E-state index is 12.0. The van der Waals surface area contributed by atoms with E-state index in [2.05, 4.69) is 0 Å². The van der Waals surface area contributed by atoms with Crippen LogP contribution in [0.25, 0.3) is 0 Å². The van der Waals surface area contributed by atoms with Crippen molar-refractivity contribution in [3.63, 3.8) is 0 Å². The molecule has 98 valence electrons. The van der Waals surface area contributed by atoms with E-state index in [0.717, 1.165) is 16.4 Å². The number of hydrogen-bond acceptors (Lipinski definition) is 2. The number of carbonyl (C=O) groups excluding carboxylic acids is 1. The van der Waals surface area contributed by atoms with Crippen LogP contribution in [0.3, 0.4) is 0 Å². The van der Waals surface area contributed by atoms with Crippen LogP contribution in [0.1, 0.15) is 21.9 Å². The van der Waals surface area contributed by atoms with Gasteiger partial charge in [-0.1, -0.05) is 11.6 Å². The van der Waals surface area contributed by atoms with Gasteiger partial charge in [0.05, 0.1) is 31.7 Å². The third-order valence-corrected chi connectivity index (χ3v) is 3.78. The van der Waals surface area contributed by atoms with E-state index in [1.54, 1.807) is 24.3 Å². The largest absolute Gasteiger partial charge is 0.327 e. The summed E-state index contributed by atoms with van der Waals surface area (Å²) >= 11 is 7.31. The Morgan fingerprint density at radius 2 is 1.74 bits per heavy atom. The first kappa shape index (κ1) is 14.1. The monoisotopic (exact) mass is 293 g/mol. The lowest BCUT2D eigenvalue weighted by atomic mass is 10.1. The summed E-state index contributed by atoms with van der Waals surface area (Å²) in [6.07, 6.45) is 0. The lowest BCUT2D eigenvalue weighted by Gasteiger charge is -2.01. The molecular weight excluding hydrogens is 280 g/mol. The van der Waals surface area contributed by atoms with Gasteiger partial charge in [0.25, 0.3) is 0 Å². The van der Waals surface area contributed by atoms with Gasteiger partial charge in [-0.05, 0) is 24.3 Å². The second-order valence-corrected chi connectivity index (χ2v) is 5.72. The normalized spacial score (nSPS) is 10.5. The van der Waals surface area contributed by atoms with E-state index in [-0.39, 0.29) is 5.78 Å². The van der Waals surface area contributed by atoms with Crippen LogP contribution in [0.15, 0.2) is 45.7 Å². The first-order valence-corrected chi connectivity index (χ1v) is 7.24. The molecule has 2 nitrogen and oxygen atoms in total. The molecule has 0 N–H and O–H groups in total. The van der Waals surface area contributed by atoms with E-state index in [9.17, 15) is 4.79 Å². The van der Waals surface area contributed by atoms with Gasteiger partial charge in [-0.15, -0.1) is 11.8 Å². The highest BCUT2D eigenvalue weighted by Crippen LogP contribution is 2.22. The highest BCUT2D eigenvalue weighted by atomic mass is 35.5. The van der Waals surface area contributed by atoms with Crippen LogP contribution in [-0.4, -0.2) is 11.5 Å². The molecule has 2 aromatic rings. The number of ketones is 1. The summed E-state index contributed by atoms with van der Waals surface area (Å²) in [4.78, 5) is 13.1. The molecule has 1 aromatic carbocycles. The molecule has 1 heterocycles. The van der Waals surface area contributed by atoms with E-state index in [1.807, 2.05) is 26.0 Å². The summed E-state index contributed by atoms with van der Waals surface area (Å²) < 4.78 is 5.41. The van der Waals surface area contributed by atoms with Gasteiger partial charge in [0.1, 0.15) is 0 Å². The van der Waals surface area contributed by atoms with Crippen LogP contribution in [0.5, 0.6) is 0 Å². The molecular formula is C15H14ClO2S+. The summed E-state index contributed by atoms with van der Waals surface area (Å²) in [5, 5.41) is 0.639. The van der Waals surface area contributed by atoms with Crippen LogP contribution >= 0.6 is 23.4 Å². The first-order valence-electron chi connectivity index (χ1n) is 5.87.